The Balaban J connectivity index is 1.20. The third-order valence-corrected chi connectivity index (χ3v) is 11.6. The zero-order valence-electron chi connectivity index (χ0n) is 33.2. The van der Waals surface area contributed by atoms with Crippen LogP contribution >= 0.6 is 0 Å². The third-order valence-electron chi connectivity index (χ3n) is 11.6. The van der Waals surface area contributed by atoms with E-state index in [1.807, 2.05) is 23.1 Å². The molecule has 0 radical (unpaired) electrons. The molecule has 3 N–H and O–H groups in total. The molecule has 0 bridgehead atoms. The molecule has 3 aliphatic heterocycles. The Morgan fingerprint density at radius 1 is 0.912 bits per heavy atom. The first-order valence-electron chi connectivity index (χ1n) is 19.9. The molecule has 0 spiro atoms. The maximum absolute atomic E-state index is 13.6. The zero-order valence-corrected chi connectivity index (χ0v) is 33.2. The maximum Gasteiger partial charge on any atom is 0.416 e. The number of halogens is 3. The van der Waals surface area contributed by atoms with Gasteiger partial charge in [0.15, 0.2) is 0 Å². The Labute approximate surface area is 331 Å². The fourth-order valence-electron chi connectivity index (χ4n) is 8.56. The highest BCUT2D eigenvalue weighted by Gasteiger charge is 2.35. The summed E-state index contributed by atoms with van der Waals surface area (Å²) in [5.41, 5.74) is 0.939. The highest BCUT2D eigenvalue weighted by atomic mass is 19.4. The monoisotopic (exact) mass is 787 g/mol. The molecule has 6 atom stereocenters. The zero-order chi connectivity index (χ0) is 40.3. The molecular weight excluding hydrogens is 736 g/mol. The number of methoxy groups -OCH3 is 1. The van der Waals surface area contributed by atoms with Crippen molar-refractivity contribution in [1.82, 2.24) is 40.1 Å². The minimum atomic E-state index is -4.50. The molecular formula is C41H52F3N11O2. The van der Waals surface area contributed by atoms with Crippen LogP contribution < -0.4 is 25.6 Å². The van der Waals surface area contributed by atoms with Crippen molar-refractivity contribution in [3.63, 3.8) is 0 Å². The first-order chi connectivity index (χ1) is 27.3. The number of nitrogens with one attached hydrogen (secondary N) is 3. The molecule has 0 aliphatic carbocycles. The summed E-state index contributed by atoms with van der Waals surface area (Å²) < 4.78 is 46.3. The summed E-state index contributed by atoms with van der Waals surface area (Å²) in [6.45, 7) is 11.0. The maximum atomic E-state index is 13.6. The van der Waals surface area contributed by atoms with Crippen LogP contribution in [0.2, 0.25) is 0 Å². The standard InChI is InChI=1S/C41H52F3N11O2/c1-24(39-48-33(28-7-6-16-54(23-28)27(4)56)20-37(52-39)51-36-19-31(57-5)11-15-47-36)17-29-22-45-13-12-32(29)34-21-38(50-35-18-30(10-14-46-35)41(42,43)44)53-40(49-34)55-25(2)8-9-26(55)3/h10-11,14-15,18-21,24-26,28-29,32,45H,6-9,12-13,16-17,22-23H2,1-5H3,(H,46,49,50,53)(H,47,48,51,52)/t24?,25-,26-,28?,29?,32?/m1/s1. The molecule has 0 saturated carbocycles. The molecule has 13 nitrogen and oxygen atoms in total. The fraction of sp³-hybridized carbons (Fsp3) is 0.537. The van der Waals surface area contributed by atoms with Crippen LogP contribution in [0.4, 0.5) is 42.4 Å². The van der Waals surface area contributed by atoms with Gasteiger partial charge in [0.25, 0.3) is 0 Å². The molecule has 4 unspecified atom stereocenters. The number of hydrogen-bond acceptors (Lipinski definition) is 12. The van der Waals surface area contributed by atoms with E-state index in [-0.39, 0.29) is 47.5 Å². The largest absolute Gasteiger partial charge is 0.497 e. The van der Waals surface area contributed by atoms with Crippen molar-refractivity contribution in [2.75, 3.05) is 48.8 Å². The van der Waals surface area contributed by atoms with Crippen molar-refractivity contribution in [2.24, 2.45) is 5.92 Å². The number of alkyl halides is 3. The van der Waals surface area contributed by atoms with Crippen LogP contribution in [-0.4, -0.2) is 86.1 Å². The molecule has 1 amide bonds. The van der Waals surface area contributed by atoms with Gasteiger partial charge in [0.1, 0.15) is 34.8 Å². The highest BCUT2D eigenvalue weighted by Crippen LogP contribution is 2.39. The lowest BCUT2D eigenvalue weighted by Crippen LogP contribution is -2.38. The number of carbonyl (C=O) groups excluding carboxylic acids is 1. The van der Waals surface area contributed by atoms with Crippen LogP contribution in [-0.2, 0) is 11.0 Å². The molecule has 57 heavy (non-hydrogen) atoms. The molecule has 3 fully saturated rings. The number of hydrogen-bond donors (Lipinski definition) is 3. The van der Waals surface area contributed by atoms with Crippen LogP contribution in [0.5, 0.6) is 5.75 Å². The van der Waals surface area contributed by atoms with Crippen LogP contribution in [0.3, 0.4) is 0 Å². The number of nitrogens with zero attached hydrogens (tertiary/aromatic N) is 8. The van der Waals surface area contributed by atoms with E-state index in [9.17, 15) is 18.0 Å². The van der Waals surface area contributed by atoms with E-state index in [4.69, 9.17) is 24.7 Å². The molecule has 304 valence electrons. The fourth-order valence-corrected chi connectivity index (χ4v) is 8.56. The summed E-state index contributed by atoms with van der Waals surface area (Å²) in [5, 5.41) is 10.0. The van der Waals surface area contributed by atoms with Gasteiger partial charge in [-0.05, 0) is 89.6 Å². The van der Waals surface area contributed by atoms with Crippen molar-refractivity contribution in [2.45, 2.75) is 102 Å². The molecule has 7 heterocycles. The predicted octanol–water partition coefficient (Wildman–Crippen LogP) is 7.56. The van der Waals surface area contributed by atoms with Gasteiger partial charge >= 0.3 is 6.18 Å². The van der Waals surface area contributed by atoms with Crippen LogP contribution in [0, 0.1) is 5.92 Å². The van der Waals surface area contributed by atoms with E-state index in [0.29, 0.717) is 41.5 Å². The first kappa shape index (κ1) is 40.1. The van der Waals surface area contributed by atoms with Gasteiger partial charge in [-0.25, -0.2) is 24.9 Å². The second-order valence-electron chi connectivity index (χ2n) is 15.8. The topological polar surface area (TPSA) is 146 Å². The molecule has 4 aromatic rings. The minimum Gasteiger partial charge on any atom is -0.497 e. The predicted molar refractivity (Wildman–Crippen MR) is 212 cm³/mol. The summed E-state index contributed by atoms with van der Waals surface area (Å²) in [6, 6.07) is 9.82. The van der Waals surface area contributed by atoms with E-state index < -0.39 is 11.7 Å². The Morgan fingerprint density at radius 2 is 1.61 bits per heavy atom. The van der Waals surface area contributed by atoms with Gasteiger partial charge in [0.2, 0.25) is 11.9 Å². The molecule has 16 heteroatoms. The van der Waals surface area contributed by atoms with Gasteiger partial charge in [0.05, 0.1) is 24.1 Å². The third kappa shape index (κ3) is 9.54. The molecule has 4 aromatic heterocycles. The highest BCUT2D eigenvalue weighted by molar-refractivity contribution is 5.73. The van der Waals surface area contributed by atoms with Crippen LogP contribution in [0.1, 0.15) is 107 Å². The number of carbonyl (C=O) groups is 1. The van der Waals surface area contributed by atoms with Gasteiger partial charge in [0, 0.05) is 80.4 Å². The number of likely N-dealkylation sites (tertiary alicyclic amines) is 1. The van der Waals surface area contributed by atoms with E-state index in [0.717, 1.165) is 87.9 Å². The van der Waals surface area contributed by atoms with E-state index in [1.54, 1.807) is 26.3 Å². The second-order valence-corrected chi connectivity index (χ2v) is 15.8. The Bertz CT molecular complexity index is 2020. The molecule has 7 rings (SSSR count). The smallest absolute Gasteiger partial charge is 0.416 e. The molecule has 3 saturated heterocycles. The summed E-state index contributed by atoms with van der Waals surface area (Å²) in [7, 11) is 1.61. The van der Waals surface area contributed by atoms with Gasteiger partial charge in [-0.1, -0.05) is 6.92 Å². The van der Waals surface area contributed by atoms with Crippen molar-refractivity contribution in [1.29, 1.82) is 0 Å². The summed E-state index contributed by atoms with van der Waals surface area (Å²) in [6.07, 6.45) is 3.70. The Kier molecular flexibility index (Phi) is 12.1. The van der Waals surface area contributed by atoms with Gasteiger partial charge in [-0.15, -0.1) is 0 Å². The number of ether oxygens (including phenoxy) is 1. The van der Waals surface area contributed by atoms with Crippen LogP contribution in [0.25, 0.3) is 0 Å². The van der Waals surface area contributed by atoms with E-state index >= 15 is 0 Å². The Hall–Kier alpha value is -5.12. The van der Waals surface area contributed by atoms with Crippen LogP contribution in [0.15, 0.2) is 48.8 Å². The van der Waals surface area contributed by atoms with Crippen molar-refractivity contribution in [3.05, 3.63) is 71.6 Å². The second kappa shape index (κ2) is 17.2. The number of anilines is 5. The van der Waals surface area contributed by atoms with Crippen molar-refractivity contribution in [3.8, 4) is 5.75 Å². The van der Waals surface area contributed by atoms with Gasteiger partial charge in [-0.2, -0.15) is 18.2 Å². The lowest BCUT2D eigenvalue weighted by molar-refractivity contribution is -0.137. The normalized spacial score (nSPS) is 23.3. The lowest BCUT2D eigenvalue weighted by Gasteiger charge is -2.35. The quantitative estimate of drug-likeness (QED) is 0.138. The first-order valence-corrected chi connectivity index (χ1v) is 19.9. The summed E-state index contributed by atoms with van der Waals surface area (Å²) in [4.78, 5) is 45.4. The number of aromatic nitrogens is 6. The molecule has 0 aromatic carbocycles. The summed E-state index contributed by atoms with van der Waals surface area (Å²) in [5.74, 6) is 3.84. The van der Waals surface area contributed by atoms with E-state index in [1.165, 1.54) is 0 Å². The van der Waals surface area contributed by atoms with Crippen molar-refractivity contribution < 1.29 is 22.7 Å². The average Bonchev–Trinajstić information content (AvgIpc) is 3.54. The number of amides is 1. The molecule has 3 aliphatic rings. The van der Waals surface area contributed by atoms with Gasteiger partial charge < -0.3 is 30.5 Å². The number of piperidine rings is 2. The van der Waals surface area contributed by atoms with Gasteiger partial charge in [-0.3, -0.25) is 4.79 Å². The SMILES string of the molecule is COc1ccnc(Nc2cc(C3CCCN(C(C)=O)C3)nc(C(C)CC3CNCCC3c3cc(Nc4cc(C(F)(F)F)ccn4)nc(N4[C@H](C)CC[C@H]4C)n3)n2)c1. The number of rotatable bonds is 11. The summed E-state index contributed by atoms with van der Waals surface area (Å²) >= 11 is 0. The lowest BCUT2D eigenvalue weighted by atomic mass is 9.78. The minimum absolute atomic E-state index is 0.0305. The Morgan fingerprint density at radius 3 is 2.33 bits per heavy atom. The van der Waals surface area contributed by atoms with Crippen molar-refractivity contribution >= 4 is 35.1 Å². The van der Waals surface area contributed by atoms with E-state index in [2.05, 4.69) is 51.6 Å². The number of pyridine rings is 2. The average molecular weight is 788 g/mol.